The molecule has 238 valence electrons. The third kappa shape index (κ3) is 5.04. The molecule has 0 saturated carbocycles. The van der Waals surface area contributed by atoms with E-state index in [0.29, 0.717) is 5.82 Å². The topological polar surface area (TPSA) is 51.8 Å². The summed E-state index contributed by atoms with van der Waals surface area (Å²) in [6.45, 7) is 0. The molecule has 0 aliphatic carbocycles. The van der Waals surface area contributed by atoms with E-state index >= 15 is 0 Å². The van der Waals surface area contributed by atoms with Gasteiger partial charge < -0.3 is 4.42 Å². The van der Waals surface area contributed by atoms with E-state index in [0.717, 1.165) is 94.1 Å². The maximum Gasteiger partial charge on any atom is 0.160 e. The molecule has 10 aromatic rings. The first kappa shape index (κ1) is 29.0. The van der Waals surface area contributed by atoms with E-state index in [1.807, 2.05) is 48.5 Å². The lowest BCUT2D eigenvalue weighted by atomic mass is 9.96. The Balaban J connectivity index is 1.09. The Kier molecular flexibility index (Phi) is 6.78. The monoisotopic (exact) mass is 651 g/mol. The molecule has 3 aromatic heterocycles. The molecule has 0 aliphatic rings. The third-order valence-corrected chi connectivity index (χ3v) is 9.68. The minimum Gasteiger partial charge on any atom is -0.455 e. The highest BCUT2D eigenvalue weighted by Gasteiger charge is 2.19. The van der Waals surface area contributed by atoms with Crippen LogP contribution in [0.1, 0.15) is 0 Å². The van der Waals surface area contributed by atoms with Gasteiger partial charge in [0.25, 0.3) is 0 Å². The second-order valence-electron chi connectivity index (χ2n) is 12.8. The lowest BCUT2D eigenvalue weighted by Gasteiger charge is -2.11. The maximum atomic E-state index is 6.57. The summed E-state index contributed by atoms with van der Waals surface area (Å²) in [4.78, 5) is 15.4. The fourth-order valence-corrected chi connectivity index (χ4v) is 7.15. The fourth-order valence-electron chi connectivity index (χ4n) is 7.15. The molecule has 0 radical (unpaired) electrons. The summed E-state index contributed by atoms with van der Waals surface area (Å²) >= 11 is 0. The first-order valence-corrected chi connectivity index (χ1v) is 17.1. The van der Waals surface area contributed by atoms with Gasteiger partial charge in [0.05, 0.1) is 28.0 Å². The van der Waals surface area contributed by atoms with E-state index < -0.39 is 0 Å². The first-order chi connectivity index (χ1) is 25.3. The number of para-hydroxylation sites is 1. The molecule has 4 heteroatoms. The highest BCUT2D eigenvalue weighted by Crippen LogP contribution is 2.42. The molecule has 0 spiro atoms. The van der Waals surface area contributed by atoms with Crippen LogP contribution in [-0.4, -0.2) is 15.0 Å². The van der Waals surface area contributed by atoms with Gasteiger partial charge in [-0.2, -0.15) is 0 Å². The van der Waals surface area contributed by atoms with Crippen LogP contribution in [0, 0.1) is 0 Å². The zero-order valence-electron chi connectivity index (χ0n) is 27.5. The van der Waals surface area contributed by atoms with Crippen molar-refractivity contribution in [3.05, 3.63) is 176 Å². The summed E-state index contributed by atoms with van der Waals surface area (Å²) in [5.41, 5.74) is 11.7. The number of aromatic nitrogens is 3. The zero-order chi connectivity index (χ0) is 33.7. The van der Waals surface area contributed by atoms with Gasteiger partial charge >= 0.3 is 0 Å². The Hall–Kier alpha value is -6.91. The lowest BCUT2D eigenvalue weighted by Crippen LogP contribution is -1.95. The average Bonchev–Trinajstić information content (AvgIpc) is 3.61. The highest BCUT2D eigenvalue weighted by atomic mass is 16.3. The molecule has 7 aromatic carbocycles. The van der Waals surface area contributed by atoms with Gasteiger partial charge in [-0.15, -0.1) is 0 Å². The number of nitrogens with zero attached hydrogens (tertiary/aromatic N) is 3. The van der Waals surface area contributed by atoms with Gasteiger partial charge in [0.2, 0.25) is 0 Å². The summed E-state index contributed by atoms with van der Waals surface area (Å²) in [7, 11) is 0. The molecule has 0 unspecified atom stereocenters. The van der Waals surface area contributed by atoms with Crippen molar-refractivity contribution in [2.24, 2.45) is 0 Å². The smallest absolute Gasteiger partial charge is 0.160 e. The number of furan rings is 1. The normalized spacial score (nSPS) is 11.5. The highest BCUT2D eigenvalue weighted by molar-refractivity contribution is 6.22. The molecule has 51 heavy (non-hydrogen) atoms. The number of hydrogen-bond acceptors (Lipinski definition) is 4. The van der Waals surface area contributed by atoms with Crippen LogP contribution in [-0.2, 0) is 0 Å². The van der Waals surface area contributed by atoms with Gasteiger partial charge in [-0.25, -0.2) is 15.0 Å². The Labute approximate surface area is 294 Å². The molecule has 0 aliphatic heterocycles. The largest absolute Gasteiger partial charge is 0.455 e. The lowest BCUT2D eigenvalue weighted by molar-refractivity contribution is 0.672. The van der Waals surface area contributed by atoms with Crippen LogP contribution >= 0.6 is 0 Å². The molecule has 0 N–H and O–H groups in total. The second kappa shape index (κ2) is 11.9. The average molecular weight is 652 g/mol. The molecule has 10 rings (SSSR count). The molecule has 0 amide bonds. The quantitative estimate of drug-likeness (QED) is 0.174. The second-order valence-corrected chi connectivity index (χ2v) is 12.8. The van der Waals surface area contributed by atoms with Crippen molar-refractivity contribution in [3.63, 3.8) is 0 Å². The molecule has 0 fully saturated rings. The van der Waals surface area contributed by atoms with Crippen molar-refractivity contribution in [1.29, 1.82) is 0 Å². The minimum absolute atomic E-state index is 0.706. The van der Waals surface area contributed by atoms with Gasteiger partial charge in [0, 0.05) is 38.4 Å². The van der Waals surface area contributed by atoms with E-state index in [9.17, 15) is 0 Å². The van der Waals surface area contributed by atoms with Crippen LogP contribution in [0.2, 0.25) is 0 Å². The fraction of sp³-hybridized carbons (Fsp3) is 0. The number of rotatable bonds is 5. The van der Waals surface area contributed by atoms with Crippen LogP contribution in [0.15, 0.2) is 180 Å². The summed E-state index contributed by atoms with van der Waals surface area (Å²) in [6, 6.07) is 60.8. The van der Waals surface area contributed by atoms with E-state index in [4.69, 9.17) is 19.4 Å². The van der Waals surface area contributed by atoms with Gasteiger partial charge in [-0.1, -0.05) is 152 Å². The van der Waals surface area contributed by atoms with Crippen molar-refractivity contribution < 1.29 is 4.42 Å². The molecular formula is C47H29N3O. The van der Waals surface area contributed by atoms with Crippen LogP contribution < -0.4 is 0 Å². The number of pyridine rings is 1. The molecule has 3 heterocycles. The summed E-state index contributed by atoms with van der Waals surface area (Å²) in [6.07, 6.45) is 0. The first-order valence-electron chi connectivity index (χ1n) is 17.1. The van der Waals surface area contributed by atoms with Gasteiger partial charge in [0.15, 0.2) is 5.82 Å². The molecule has 0 atom stereocenters. The van der Waals surface area contributed by atoms with Crippen molar-refractivity contribution in [2.75, 3.05) is 0 Å². The molecule has 0 bridgehead atoms. The van der Waals surface area contributed by atoms with Crippen LogP contribution in [0.4, 0.5) is 0 Å². The third-order valence-electron chi connectivity index (χ3n) is 9.68. The Bertz CT molecular complexity index is 2840. The zero-order valence-corrected chi connectivity index (χ0v) is 27.5. The molecule has 4 nitrogen and oxygen atoms in total. The van der Waals surface area contributed by atoms with Crippen molar-refractivity contribution in [3.8, 4) is 56.3 Å². The predicted molar refractivity (Wildman–Crippen MR) is 209 cm³/mol. The van der Waals surface area contributed by atoms with Crippen LogP contribution in [0.5, 0.6) is 0 Å². The van der Waals surface area contributed by atoms with Crippen molar-refractivity contribution >= 4 is 43.6 Å². The maximum absolute atomic E-state index is 6.57. The minimum atomic E-state index is 0.706. The molecular weight excluding hydrogens is 623 g/mol. The number of hydrogen-bond donors (Lipinski definition) is 0. The van der Waals surface area contributed by atoms with Gasteiger partial charge in [0.1, 0.15) is 11.2 Å². The summed E-state index contributed by atoms with van der Waals surface area (Å²) in [5, 5.41) is 5.39. The van der Waals surface area contributed by atoms with Crippen LogP contribution in [0.25, 0.3) is 99.9 Å². The predicted octanol–water partition coefficient (Wildman–Crippen LogP) is 12.4. The standard InChI is InChI=1S/C47H29N3O/c1-3-13-32(14-4-1)40-29-41(49-47(48-40)34-15-5-2-6-16-34)33-24-22-30(23-25-33)35-17-11-18-36(28-35)44-43-38-20-9-10-21-42(38)51-46(43)39-27-26-31-12-7-8-19-37(31)45(39)50-44/h1-29H. The van der Waals surface area contributed by atoms with Crippen LogP contribution in [0.3, 0.4) is 0 Å². The van der Waals surface area contributed by atoms with Gasteiger partial charge in [-0.05, 0) is 40.8 Å². The van der Waals surface area contributed by atoms with E-state index in [-0.39, 0.29) is 0 Å². The van der Waals surface area contributed by atoms with E-state index in [2.05, 4.69) is 127 Å². The Morgan fingerprint density at radius 1 is 0.373 bits per heavy atom. The van der Waals surface area contributed by atoms with Crippen molar-refractivity contribution in [2.45, 2.75) is 0 Å². The Morgan fingerprint density at radius 3 is 1.76 bits per heavy atom. The Morgan fingerprint density at radius 2 is 0.980 bits per heavy atom. The number of benzene rings is 7. The van der Waals surface area contributed by atoms with Crippen molar-refractivity contribution in [1.82, 2.24) is 15.0 Å². The van der Waals surface area contributed by atoms with E-state index in [1.54, 1.807) is 0 Å². The summed E-state index contributed by atoms with van der Waals surface area (Å²) < 4.78 is 6.57. The van der Waals surface area contributed by atoms with Gasteiger partial charge in [-0.3, -0.25) is 0 Å². The summed E-state index contributed by atoms with van der Waals surface area (Å²) in [5.74, 6) is 0.706. The van der Waals surface area contributed by atoms with E-state index in [1.165, 1.54) is 0 Å². The SMILES string of the molecule is c1ccc(-c2cc(-c3ccc(-c4cccc(-c5nc6c7ccccc7ccc6c6oc7ccccc7c56)c4)cc3)nc(-c3ccccc3)n2)cc1. The number of fused-ring (bicyclic) bond motifs is 7. The molecule has 0 saturated heterocycles.